The molecule has 1 aromatic carbocycles. The molecule has 0 spiro atoms. The molecule has 3 atom stereocenters. The van der Waals surface area contributed by atoms with Crippen molar-refractivity contribution in [3.63, 3.8) is 0 Å². The fourth-order valence-corrected chi connectivity index (χ4v) is 4.23. The second-order valence-electron chi connectivity index (χ2n) is 7.30. The van der Waals surface area contributed by atoms with Crippen molar-refractivity contribution in [3.8, 4) is 0 Å². The maximum Gasteiger partial charge on any atom is 0.0351 e. The maximum atomic E-state index is 3.86. The summed E-state index contributed by atoms with van der Waals surface area (Å²) in [5.74, 6) is 2.54. The van der Waals surface area contributed by atoms with Crippen molar-refractivity contribution in [3.05, 3.63) is 35.4 Å². The first kappa shape index (κ1) is 15.1. The molecule has 116 valence electrons. The van der Waals surface area contributed by atoms with E-state index in [4.69, 9.17) is 0 Å². The minimum absolute atomic E-state index is 0.572. The second kappa shape index (κ2) is 6.96. The average molecular weight is 285 g/mol. The molecule has 2 fully saturated rings. The van der Waals surface area contributed by atoms with Gasteiger partial charge < -0.3 is 5.32 Å². The summed E-state index contributed by atoms with van der Waals surface area (Å²) in [5.41, 5.74) is 3.14. The van der Waals surface area contributed by atoms with Crippen LogP contribution in [-0.4, -0.2) is 6.54 Å². The Morgan fingerprint density at radius 3 is 2.57 bits per heavy atom. The molecule has 1 aromatic rings. The Balaban J connectivity index is 1.80. The Hall–Kier alpha value is -0.820. The van der Waals surface area contributed by atoms with Crippen molar-refractivity contribution >= 4 is 0 Å². The lowest BCUT2D eigenvalue weighted by Gasteiger charge is -2.31. The van der Waals surface area contributed by atoms with Crippen LogP contribution in [0.25, 0.3) is 0 Å². The van der Waals surface area contributed by atoms with Crippen molar-refractivity contribution in [1.29, 1.82) is 0 Å². The van der Waals surface area contributed by atoms with E-state index in [9.17, 15) is 0 Å². The highest BCUT2D eigenvalue weighted by atomic mass is 14.9. The fraction of sp³-hybridized carbons (Fsp3) is 0.700. The smallest absolute Gasteiger partial charge is 0.0351 e. The molecular weight excluding hydrogens is 254 g/mol. The van der Waals surface area contributed by atoms with Gasteiger partial charge in [-0.25, -0.2) is 0 Å². The first-order valence-electron chi connectivity index (χ1n) is 9.13. The normalized spacial score (nSPS) is 27.5. The predicted octanol–water partition coefficient (Wildman–Crippen LogP) is 5.43. The molecule has 0 radical (unpaired) electrons. The van der Waals surface area contributed by atoms with Gasteiger partial charge in [-0.05, 0) is 61.1 Å². The van der Waals surface area contributed by atoms with Crippen LogP contribution in [0.3, 0.4) is 0 Å². The van der Waals surface area contributed by atoms with Crippen LogP contribution in [0.1, 0.15) is 81.9 Å². The molecule has 1 N–H and O–H groups in total. The molecule has 0 aliphatic heterocycles. The predicted molar refractivity (Wildman–Crippen MR) is 90.6 cm³/mol. The van der Waals surface area contributed by atoms with Gasteiger partial charge in [-0.15, -0.1) is 0 Å². The van der Waals surface area contributed by atoms with Crippen LogP contribution in [0.15, 0.2) is 24.3 Å². The van der Waals surface area contributed by atoms with Gasteiger partial charge in [-0.1, -0.05) is 57.4 Å². The third kappa shape index (κ3) is 3.34. The van der Waals surface area contributed by atoms with Gasteiger partial charge in [0.15, 0.2) is 0 Å². The Labute approximate surface area is 130 Å². The highest BCUT2D eigenvalue weighted by Crippen LogP contribution is 2.42. The molecule has 3 unspecified atom stereocenters. The van der Waals surface area contributed by atoms with Crippen LogP contribution in [0.5, 0.6) is 0 Å². The summed E-state index contributed by atoms with van der Waals surface area (Å²) < 4.78 is 0. The second-order valence-corrected chi connectivity index (χ2v) is 7.30. The number of rotatable bonds is 6. The summed E-state index contributed by atoms with van der Waals surface area (Å²) in [4.78, 5) is 0. The molecule has 0 heterocycles. The van der Waals surface area contributed by atoms with E-state index in [2.05, 4.69) is 43.4 Å². The summed E-state index contributed by atoms with van der Waals surface area (Å²) in [5, 5.41) is 3.86. The van der Waals surface area contributed by atoms with Crippen molar-refractivity contribution < 1.29 is 0 Å². The Bertz CT molecular complexity index is 449. The molecule has 0 saturated heterocycles. The zero-order chi connectivity index (χ0) is 14.7. The number of hydrogen-bond acceptors (Lipinski definition) is 1. The highest BCUT2D eigenvalue weighted by Gasteiger charge is 2.32. The molecule has 3 rings (SSSR count). The third-order valence-corrected chi connectivity index (χ3v) is 5.82. The summed E-state index contributed by atoms with van der Waals surface area (Å²) in [7, 11) is 0. The average Bonchev–Trinajstić information content (AvgIpc) is 2.84. The lowest BCUT2D eigenvalue weighted by Crippen LogP contribution is -2.30. The molecule has 21 heavy (non-hydrogen) atoms. The number of nitrogens with one attached hydrogen (secondary N) is 1. The third-order valence-electron chi connectivity index (χ3n) is 5.82. The van der Waals surface area contributed by atoms with Crippen LogP contribution in [0.2, 0.25) is 0 Å². The molecule has 0 aromatic heterocycles. The van der Waals surface area contributed by atoms with E-state index in [-0.39, 0.29) is 0 Å². The Morgan fingerprint density at radius 1 is 1.14 bits per heavy atom. The van der Waals surface area contributed by atoms with E-state index < -0.39 is 0 Å². The largest absolute Gasteiger partial charge is 0.310 e. The van der Waals surface area contributed by atoms with Crippen molar-refractivity contribution in [2.24, 2.45) is 11.8 Å². The van der Waals surface area contributed by atoms with Crippen LogP contribution in [-0.2, 0) is 0 Å². The molecule has 1 heteroatoms. The van der Waals surface area contributed by atoms with Crippen LogP contribution in [0, 0.1) is 11.8 Å². The molecule has 2 saturated carbocycles. The fourth-order valence-electron chi connectivity index (χ4n) is 4.23. The van der Waals surface area contributed by atoms with Gasteiger partial charge >= 0.3 is 0 Å². The zero-order valence-electron chi connectivity index (χ0n) is 13.8. The molecular formula is C20H31N. The first-order valence-corrected chi connectivity index (χ1v) is 9.13. The van der Waals surface area contributed by atoms with Crippen LogP contribution < -0.4 is 5.32 Å². The first-order chi connectivity index (χ1) is 10.3. The lowest BCUT2D eigenvalue weighted by atomic mass is 9.78. The zero-order valence-corrected chi connectivity index (χ0v) is 13.8. The van der Waals surface area contributed by atoms with Gasteiger partial charge in [0.25, 0.3) is 0 Å². The summed E-state index contributed by atoms with van der Waals surface area (Å²) in [6.07, 6.45) is 9.67. The van der Waals surface area contributed by atoms with Crippen molar-refractivity contribution in [2.45, 2.75) is 70.8 Å². The molecule has 0 bridgehead atoms. The van der Waals surface area contributed by atoms with Gasteiger partial charge in [0.2, 0.25) is 0 Å². The molecule has 0 amide bonds. The van der Waals surface area contributed by atoms with Crippen molar-refractivity contribution in [2.75, 3.05) is 6.54 Å². The summed E-state index contributed by atoms with van der Waals surface area (Å²) in [6, 6.07) is 10.1. The SMILES string of the molecule is CCCNC(c1cccc(C2CCC2)c1)C1CCCC1C. The van der Waals surface area contributed by atoms with Crippen molar-refractivity contribution in [1.82, 2.24) is 5.32 Å². The standard InChI is InChI=1S/C20H31N/c1-3-13-21-20(19-12-4-7-15(19)2)18-11-6-10-17(14-18)16-8-5-9-16/h6,10-11,14-16,19-21H,3-5,7-9,12-13H2,1-2H3. The Kier molecular flexibility index (Phi) is 5.00. The van der Waals surface area contributed by atoms with E-state index in [0.717, 1.165) is 24.3 Å². The summed E-state index contributed by atoms with van der Waals surface area (Å²) >= 11 is 0. The van der Waals surface area contributed by atoms with Gasteiger partial charge in [0, 0.05) is 6.04 Å². The van der Waals surface area contributed by atoms with Gasteiger partial charge in [-0.2, -0.15) is 0 Å². The van der Waals surface area contributed by atoms with E-state index >= 15 is 0 Å². The molecule has 2 aliphatic rings. The van der Waals surface area contributed by atoms with E-state index in [1.165, 1.54) is 44.9 Å². The van der Waals surface area contributed by atoms with Crippen LogP contribution >= 0.6 is 0 Å². The quantitative estimate of drug-likeness (QED) is 0.734. The highest BCUT2D eigenvalue weighted by molar-refractivity contribution is 5.30. The van der Waals surface area contributed by atoms with Gasteiger partial charge in [0.05, 0.1) is 0 Å². The van der Waals surface area contributed by atoms with Gasteiger partial charge in [0.1, 0.15) is 0 Å². The lowest BCUT2D eigenvalue weighted by molar-refractivity contribution is 0.301. The minimum Gasteiger partial charge on any atom is -0.310 e. The monoisotopic (exact) mass is 285 g/mol. The Morgan fingerprint density at radius 2 is 1.95 bits per heavy atom. The van der Waals surface area contributed by atoms with Crippen LogP contribution in [0.4, 0.5) is 0 Å². The molecule has 2 aliphatic carbocycles. The van der Waals surface area contributed by atoms with E-state index in [1.54, 1.807) is 11.1 Å². The number of hydrogen-bond donors (Lipinski definition) is 1. The minimum atomic E-state index is 0.572. The topological polar surface area (TPSA) is 12.0 Å². The summed E-state index contributed by atoms with van der Waals surface area (Å²) in [6.45, 7) is 5.86. The van der Waals surface area contributed by atoms with Gasteiger partial charge in [-0.3, -0.25) is 0 Å². The maximum absolute atomic E-state index is 3.86. The van der Waals surface area contributed by atoms with E-state index in [0.29, 0.717) is 6.04 Å². The van der Waals surface area contributed by atoms with E-state index in [1.807, 2.05) is 0 Å². The molecule has 1 nitrogen and oxygen atoms in total. The number of benzene rings is 1.